The van der Waals surface area contributed by atoms with Crippen molar-refractivity contribution in [3.05, 3.63) is 89.5 Å². The van der Waals surface area contributed by atoms with Gasteiger partial charge in [0.05, 0.1) is 10.1 Å². The predicted molar refractivity (Wildman–Crippen MR) is 129 cm³/mol. The average molecular weight is 455 g/mol. The van der Waals surface area contributed by atoms with Crippen LogP contribution in [-0.2, 0) is 20.6 Å². The van der Waals surface area contributed by atoms with Crippen LogP contribution in [0.1, 0.15) is 23.6 Å². The molecule has 2 N–H and O–H groups in total. The fourth-order valence-electron chi connectivity index (χ4n) is 2.85. The summed E-state index contributed by atoms with van der Waals surface area (Å²) in [6.07, 6.45) is 0. The number of thioether (sulfide) groups is 1. The van der Waals surface area contributed by atoms with E-state index in [1.807, 2.05) is 57.2 Å². The largest absolute Gasteiger partial charge is 0.325 e. The molecule has 0 fully saturated rings. The van der Waals surface area contributed by atoms with Gasteiger partial charge in [0.2, 0.25) is 5.91 Å². The molecule has 31 heavy (non-hydrogen) atoms. The summed E-state index contributed by atoms with van der Waals surface area (Å²) in [4.78, 5) is 12.6. The van der Waals surface area contributed by atoms with Crippen LogP contribution in [0.3, 0.4) is 0 Å². The maximum atomic E-state index is 12.7. The summed E-state index contributed by atoms with van der Waals surface area (Å²) in [6.45, 7) is 5.76. The molecular formula is C24H26N2O3S2. The second kappa shape index (κ2) is 10.0. The molecular weight excluding hydrogens is 428 g/mol. The van der Waals surface area contributed by atoms with E-state index in [2.05, 4.69) is 10.0 Å². The number of anilines is 2. The van der Waals surface area contributed by atoms with Crippen LogP contribution in [-0.4, -0.2) is 19.6 Å². The van der Waals surface area contributed by atoms with Gasteiger partial charge in [-0.15, -0.1) is 11.8 Å². The van der Waals surface area contributed by atoms with E-state index in [1.54, 1.807) is 36.0 Å². The monoisotopic (exact) mass is 454 g/mol. The highest BCUT2D eigenvalue weighted by Crippen LogP contribution is 2.22. The maximum absolute atomic E-state index is 12.7. The van der Waals surface area contributed by atoms with E-state index in [0.717, 1.165) is 22.4 Å². The zero-order valence-corrected chi connectivity index (χ0v) is 19.4. The fourth-order valence-corrected chi connectivity index (χ4v) is 4.75. The molecule has 7 heteroatoms. The van der Waals surface area contributed by atoms with E-state index < -0.39 is 10.0 Å². The van der Waals surface area contributed by atoms with Gasteiger partial charge in [-0.05, 0) is 73.9 Å². The lowest BCUT2D eigenvalue weighted by atomic mass is 10.1. The van der Waals surface area contributed by atoms with Crippen molar-refractivity contribution in [3.63, 3.8) is 0 Å². The quantitative estimate of drug-likeness (QED) is 0.480. The minimum absolute atomic E-state index is 0.121. The Morgan fingerprint density at radius 1 is 0.903 bits per heavy atom. The van der Waals surface area contributed by atoms with Crippen molar-refractivity contribution < 1.29 is 13.2 Å². The third-order valence-corrected chi connectivity index (χ3v) is 7.51. The van der Waals surface area contributed by atoms with Crippen LogP contribution < -0.4 is 10.0 Å². The summed E-state index contributed by atoms with van der Waals surface area (Å²) in [5.74, 6) is 0.626. The summed E-state index contributed by atoms with van der Waals surface area (Å²) >= 11 is 1.55. The number of sulfonamides is 1. The Morgan fingerprint density at radius 3 is 2.19 bits per heavy atom. The number of hydrogen-bond donors (Lipinski definition) is 2. The van der Waals surface area contributed by atoms with Gasteiger partial charge >= 0.3 is 0 Å². The third-order valence-electron chi connectivity index (χ3n) is 4.90. The van der Waals surface area contributed by atoms with E-state index in [9.17, 15) is 13.2 Å². The van der Waals surface area contributed by atoms with Gasteiger partial charge in [0, 0.05) is 17.1 Å². The van der Waals surface area contributed by atoms with Crippen molar-refractivity contribution >= 4 is 39.1 Å². The van der Waals surface area contributed by atoms with E-state index in [0.29, 0.717) is 11.4 Å². The number of nitrogens with one attached hydrogen (secondary N) is 2. The normalized spacial score (nSPS) is 12.2. The highest BCUT2D eigenvalue weighted by Gasteiger charge is 2.16. The first-order valence-corrected chi connectivity index (χ1v) is 12.4. The van der Waals surface area contributed by atoms with E-state index in [-0.39, 0.29) is 16.1 Å². The van der Waals surface area contributed by atoms with Gasteiger partial charge in [-0.2, -0.15) is 0 Å². The highest BCUT2D eigenvalue weighted by molar-refractivity contribution is 7.99. The molecule has 0 aliphatic heterocycles. The Labute approximate surface area is 188 Å². The molecule has 1 amide bonds. The molecule has 3 aromatic rings. The van der Waals surface area contributed by atoms with Crippen molar-refractivity contribution in [3.8, 4) is 0 Å². The first-order chi connectivity index (χ1) is 14.7. The summed E-state index contributed by atoms with van der Waals surface area (Å²) in [5.41, 5.74) is 4.35. The van der Waals surface area contributed by atoms with E-state index in [4.69, 9.17) is 0 Å². The van der Waals surface area contributed by atoms with Crippen molar-refractivity contribution in [2.75, 3.05) is 10.0 Å². The van der Waals surface area contributed by atoms with E-state index in [1.165, 1.54) is 12.1 Å². The zero-order chi connectivity index (χ0) is 22.4. The van der Waals surface area contributed by atoms with Gasteiger partial charge in [0.15, 0.2) is 0 Å². The fraction of sp³-hybridized carbons (Fsp3) is 0.208. The van der Waals surface area contributed by atoms with Crippen LogP contribution in [0.4, 0.5) is 11.4 Å². The van der Waals surface area contributed by atoms with Crippen LogP contribution in [0.25, 0.3) is 0 Å². The first kappa shape index (κ1) is 22.9. The molecule has 0 spiro atoms. The Bertz CT molecular complexity index is 1150. The number of amides is 1. The molecule has 0 saturated heterocycles. The second-order valence-electron chi connectivity index (χ2n) is 7.36. The molecule has 0 bridgehead atoms. The van der Waals surface area contributed by atoms with Crippen molar-refractivity contribution in [2.45, 2.75) is 36.7 Å². The molecule has 0 aromatic heterocycles. The van der Waals surface area contributed by atoms with Crippen LogP contribution in [0, 0.1) is 13.8 Å². The summed E-state index contributed by atoms with van der Waals surface area (Å²) in [6, 6.07) is 21.6. The molecule has 0 radical (unpaired) electrons. The molecule has 0 unspecified atom stereocenters. The van der Waals surface area contributed by atoms with Gasteiger partial charge in [-0.1, -0.05) is 36.4 Å². The Kier molecular flexibility index (Phi) is 7.41. The number of hydrogen-bond acceptors (Lipinski definition) is 4. The first-order valence-electron chi connectivity index (χ1n) is 9.91. The number of carbonyl (C=O) groups excluding carboxylic acids is 1. The molecule has 3 aromatic carbocycles. The third kappa shape index (κ3) is 6.35. The highest BCUT2D eigenvalue weighted by atomic mass is 32.2. The number of carbonyl (C=O) groups is 1. The molecule has 5 nitrogen and oxygen atoms in total. The smallest absolute Gasteiger partial charge is 0.261 e. The van der Waals surface area contributed by atoms with Gasteiger partial charge in [0.25, 0.3) is 10.0 Å². The summed E-state index contributed by atoms with van der Waals surface area (Å²) < 4.78 is 27.9. The molecule has 0 aliphatic carbocycles. The van der Waals surface area contributed by atoms with Gasteiger partial charge in [-0.25, -0.2) is 8.42 Å². The van der Waals surface area contributed by atoms with E-state index >= 15 is 0 Å². The Balaban J connectivity index is 1.59. The summed E-state index contributed by atoms with van der Waals surface area (Å²) in [5, 5.41) is 2.60. The van der Waals surface area contributed by atoms with Crippen LogP contribution in [0.2, 0.25) is 0 Å². The summed E-state index contributed by atoms with van der Waals surface area (Å²) in [7, 11) is -3.71. The minimum Gasteiger partial charge on any atom is -0.325 e. The molecule has 162 valence electrons. The van der Waals surface area contributed by atoms with Crippen molar-refractivity contribution in [1.82, 2.24) is 0 Å². The Hall–Kier alpha value is -2.77. The lowest BCUT2D eigenvalue weighted by Crippen LogP contribution is -2.22. The standard InChI is InChI=1S/C24H26N2O3S2/c1-17-9-10-22(15-18(17)2)26-31(28,29)23-13-11-21(12-14-23)25-24(27)19(3)30-16-20-7-5-4-6-8-20/h4-15,19,26H,16H2,1-3H3,(H,25,27)/t19-/m0/s1. The minimum atomic E-state index is -3.71. The molecule has 1 atom stereocenters. The second-order valence-corrected chi connectivity index (χ2v) is 10.4. The number of aryl methyl sites for hydroxylation is 2. The number of benzene rings is 3. The van der Waals surface area contributed by atoms with Crippen LogP contribution >= 0.6 is 11.8 Å². The average Bonchev–Trinajstić information content (AvgIpc) is 2.75. The predicted octanol–water partition coefficient (Wildman–Crippen LogP) is 5.36. The SMILES string of the molecule is Cc1ccc(NS(=O)(=O)c2ccc(NC(=O)[C@H](C)SCc3ccccc3)cc2)cc1C. The lowest BCUT2D eigenvalue weighted by Gasteiger charge is -2.13. The molecule has 0 aliphatic rings. The van der Waals surface area contributed by atoms with Gasteiger partial charge < -0.3 is 5.32 Å². The van der Waals surface area contributed by atoms with Crippen LogP contribution in [0.5, 0.6) is 0 Å². The number of rotatable bonds is 8. The topological polar surface area (TPSA) is 75.3 Å². The van der Waals surface area contributed by atoms with Crippen molar-refractivity contribution in [2.24, 2.45) is 0 Å². The maximum Gasteiger partial charge on any atom is 0.261 e. The Morgan fingerprint density at radius 2 is 1.55 bits per heavy atom. The van der Waals surface area contributed by atoms with Gasteiger partial charge in [0.1, 0.15) is 0 Å². The molecule has 0 heterocycles. The lowest BCUT2D eigenvalue weighted by molar-refractivity contribution is -0.115. The molecule has 0 saturated carbocycles. The molecule has 3 rings (SSSR count). The van der Waals surface area contributed by atoms with Crippen LogP contribution in [0.15, 0.2) is 77.7 Å². The van der Waals surface area contributed by atoms with Crippen molar-refractivity contribution in [1.29, 1.82) is 0 Å². The zero-order valence-electron chi connectivity index (χ0n) is 17.8. The van der Waals surface area contributed by atoms with Gasteiger partial charge in [-0.3, -0.25) is 9.52 Å².